The third-order valence-electron chi connectivity index (χ3n) is 3.79. The van der Waals surface area contributed by atoms with Crippen molar-refractivity contribution in [3.8, 4) is 0 Å². The summed E-state index contributed by atoms with van der Waals surface area (Å²) in [6.07, 6.45) is 3.86. The van der Waals surface area contributed by atoms with Crippen molar-refractivity contribution in [1.29, 1.82) is 0 Å². The molecule has 1 saturated heterocycles. The van der Waals surface area contributed by atoms with Gasteiger partial charge >= 0.3 is 0 Å². The van der Waals surface area contributed by atoms with E-state index in [1.165, 1.54) is 0 Å². The molecule has 2 aromatic rings. The number of benzene rings is 1. The summed E-state index contributed by atoms with van der Waals surface area (Å²) < 4.78 is 5.28. The van der Waals surface area contributed by atoms with Crippen LogP contribution < -0.4 is 5.43 Å². The molecule has 1 amide bonds. The van der Waals surface area contributed by atoms with E-state index in [0.717, 1.165) is 49.3 Å². The highest BCUT2D eigenvalue weighted by molar-refractivity contribution is 5.89. The van der Waals surface area contributed by atoms with Crippen LogP contribution in [0.3, 0.4) is 0 Å². The number of carbonyl (C=O) groups is 1. The van der Waals surface area contributed by atoms with Gasteiger partial charge in [-0.25, -0.2) is 5.43 Å². The van der Waals surface area contributed by atoms with Crippen LogP contribution in [-0.2, 0) is 9.53 Å². The molecule has 1 aliphatic rings. The zero-order valence-electron chi connectivity index (χ0n) is 12.9. The number of aromatic nitrogens is 1. The van der Waals surface area contributed by atoms with E-state index in [-0.39, 0.29) is 5.91 Å². The summed E-state index contributed by atoms with van der Waals surface area (Å²) >= 11 is 0. The van der Waals surface area contributed by atoms with Crippen LogP contribution in [0.5, 0.6) is 0 Å². The average molecular weight is 312 g/mol. The molecule has 23 heavy (non-hydrogen) atoms. The minimum Gasteiger partial charge on any atom is -0.379 e. The Labute approximate surface area is 135 Å². The fourth-order valence-corrected chi connectivity index (χ4v) is 2.49. The lowest BCUT2D eigenvalue weighted by Crippen LogP contribution is -2.38. The van der Waals surface area contributed by atoms with E-state index in [1.54, 1.807) is 12.4 Å². The van der Waals surface area contributed by atoms with Crippen molar-refractivity contribution in [3.05, 3.63) is 42.1 Å². The Morgan fingerprint density at radius 2 is 2.22 bits per heavy atom. The summed E-state index contributed by atoms with van der Waals surface area (Å²) in [5, 5.41) is 5.07. The molecule has 0 atom stereocenters. The van der Waals surface area contributed by atoms with Crippen LogP contribution >= 0.6 is 0 Å². The first kappa shape index (κ1) is 15.6. The molecule has 0 bridgehead atoms. The molecule has 1 fully saturated rings. The normalized spacial score (nSPS) is 16.0. The lowest BCUT2D eigenvalue weighted by Gasteiger charge is -2.25. The number of ether oxygens (including phenoxy) is 1. The van der Waals surface area contributed by atoms with Crippen molar-refractivity contribution >= 4 is 23.0 Å². The summed E-state index contributed by atoms with van der Waals surface area (Å²) in [4.78, 5) is 18.3. The van der Waals surface area contributed by atoms with Gasteiger partial charge in [0.05, 0.1) is 24.9 Å². The van der Waals surface area contributed by atoms with Crippen molar-refractivity contribution < 1.29 is 9.53 Å². The van der Waals surface area contributed by atoms with Crippen LogP contribution in [0, 0.1) is 0 Å². The number of nitrogens with one attached hydrogen (secondary N) is 1. The first-order chi connectivity index (χ1) is 11.3. The molecule has 0 aliphatic carbocycles. The molecular formula is C17H20N4O2. The number of amides is 1. The van der Waals surface area contributed by atoms with Gasteiger partial charge in [0.15, 0.2) is 0 Å². The van der Waals surface area contributed by atoms with Gasteiger partial charge in [0, 0.05) is 37.6 Å². The smallest absolute Gasteiger partial charge is 0.241 e. The number of hydrogen-bond acceptors (Lipinski definition) is 5. The number of pyridine rings is 1. The number of fused-ring (bicyclic) bond motifs is 1. The van der Waals surface area contributed by atoms with Crippen molar-refractivity contribution in [2.75, 3.05) is 32.8 Å². The third kappa shape index (κ3) is 4.58. The van der Waals surface area contributed by atoms with Gasteiger partial charge in [-0.2, -0.15) is 5.10 Å². The van der Waals surface area contributed by atoms with E-state index < -0.39 is 0 Å². The van der Waals surface area contributed by atoms with Gasteiger partial charge in [-0.15, -0.1) is 0 Å². The van der Waals surface area contributed by atoms with Gasteiger partial charge in [0.1, 0.15) is 0 Å². The lowest BCUT2D eigenvalue weighted by molar-refractivity contribution is -0.121. The lowest BCUT2D eigenvalue weighted by atomic mass is 10.1. The zero-order valence-corrected chi connectivity index (χ0v) is 12.9. The predicted molar refractivity (Wildman–Crippen MR) is 89.4 cm³/mol. The van der Waals surface area contributed by atoms with Gasteiger partial charge < -0.3 is 4.74 Å². The summed E-state index contributed by atoms with van der Waals surface area (Å²) in [7, 11) is 0. The number of carbonyl (C=O) groups excluding carboxylic acids is 1. The number of rotatable bonds is 5. The number of hydrogen-bond donors (Lipinski definition) is 1. The van der Waals surface area contributed by atoms with E-state index in [4.69, 9.17) is 4.74 Å². The molecule has 0 unspecified atom stereocenters. The second-order valence-electron chi connectivity index (χ2n) is 5.45. The van der Waals surface area contributed by atoms with Crippen LogP contribution in [0.2, 0.25) is 0 Å². The van der Waals surface area contributed by atoms with Gasteiger partial charge in [-0.3, -0.25) is 14.7 Å². The minimum atomic E-state index is -0.0739. The molecule has 6 heteroatoms. The van der Waals surface area contributed by atoms with Crippen molar-refractivity contribution in [1.82, 2.24) is 15.3 Å². The molecule has 1 N–H and O–H groups in total. The Bertz CT molecular complexity index is 696. The van der Waals surface area contributed by atoms with Gasteiger partial charge in [-0.05, 0) is 23.8 Å². The maximum atomic E-state index is 11.8. The SMILES string of the molecule is O=C(CCN1CCOCC1)NN=Cc1ccc2ncccc2c1. The summed E-state index contributed by atoms with van der Waals surface area (Å²) in [5.74, 6) is -0.0739. The highest BCUT2D eigenvalue weighted by atomic mass is 16.5. The number of morpholine rings is 1. The second kappa shape index (κ2) is 7.80. The Kier molecular flexibility index (Phi) is 5.29. The molecule has 2 heterocycles. The highest BCUT2D eigenvalue weighted by Crippen LogP contribution is 2.11. The van der Waals surface area contributed by atoms with Crippen molar-refractivity contribution in [2.24, 2.45) is 5.10 Å². The van der Waals surface area contributed by atoms with E-state index in [0.29, 0.717) is 6.42 Å². The first-order valence-electron chi connectivity index (χ1n) is 7.78. The Morgan fingerprint density at radius 1 is 1.35 bits per heavy atom. The van der Waals surface area contributed by atoms with Crippen LogP contribution in [-0.4, -0.2) is 54.9 Å². The number of nitrogens with zero attached hydrogens (tertiary/aromatic N) is 3. The highest BCUT2D eigenvalue weighted by Gasteiger charge is 2.11. The fourth-order valence-electron chi connectivity index (χ4n) is 2.49. The van der Waals surface area contributed by atoms with Crippen LogP contribution in [0.1, 0.15) is 12.0 Å². The maximum Gasteiger partial charge on any atom is 0.241 e. The van der Waals surface area contributed by atoms with E-state index >= 15 is 0 Å². The molecule has 0 radical (unpaired) electrons. The van der Waals surface area contributed by atoms with Gasteiger partial charge in [0.25, 0.3) is 0 Å². The van der Waals surface area contributed by atoms with Gasteiger partial charge in [0.2, 0.25) is 5.91 Å². The molecule has 3 rings (SSSR count). The summed E-state index contributed by atoms with van der Waals surface area (Å²) in [5.41, 5.74) is 4.45. The predicted octanol–water partition coefficient (Wildman–Crippen LogP) is 1.41. The standard InChI is InChI=1S/C17H20N4O2/c22-17(5-7-21-8-10-23-11-9-21)20-19-13-14-3-4-16-15(12-14)2-1-6-18-16/h1-4,6,12-13H,5,7-11H2,(H,20,22). The average Bonchev–Trinajstić information content (AvgIpc) is 2.61. The molecular weight excluding hydrogens is 292 g/mol. The first-order valence-corrected chi connectivity index (χ1v) is 7.78. The Hall–Kier alpha value is -2.31. The maximum absolute atomic E-state index is 11.8. The van der Waals surface area contributed by atoms with E-state index in [1.807, 2.05) is 30.3 Å². The monoisotopic (exact) mass is 312 g/mol. The molecule has 1 aromatic heterocycles. The third-order valence-corrected chi connectivity index (χ3v) is 3.79. The topological polar surface area (TPSA) is 66.8 Å². The molecule has 1 aliphatic heterocycles. The molecule has 6 nitrogen and oxygen atoms in total. The van der Waals surface area contributed by atoms with Crippen molar-refractivity contribution in [3.63, 3.8) is 0 Å². The number of hydrazone groups is 1. The zero-order chi connectivity index (χ0) is 15.9. The second-order valence-corrected chi connectivity index (χ2v) is 5.45. The summed E-state index contributed by atoms with van der Waals surface area (Å²) in [6.45, 7) is 4.02. The van der Waals surface area contributed by atoms with Crippen LogP contribution in [0.25, 0.3) is 10.9 Å². The largest absolute Gasteiger partial charge is 0.379 e. The molecule has 1 aromatic carbocycles. The Morgan fingerprint density at radius 3 is 3.09 bits per heavy atom. The van der Waals surface area contributed by atoms with Crippen LogP contribution in [0.4, 0.5) is 0 Å². The molecule has 0 spiro atoms. The quantitative estimate of drug-likeness (QED) is 0.669. The van der Waals surface area contributed by atoms with Crippen molar-refractivity contribution in [2.45, 2.75) is 6.42 Å². The molecule has 0 saturated carbocycles. The van der Waals surface area contributed by atoms with E-state index in [2.05, 4.69) is 20.4 Å². The fraction of sp³-hybridized carbons (Fsp3) is 0.353. The Balaban J connectivity index is 1.48. The van der Waals surface area contributed by atoms with Gasteiger partial charge in [-0.1, -0.05) is 12.1 Å². The van der Waals surface area contributed by atoms with Crippen LogP contribution in [0.15, 0.2) is 41.6 Å². The summed E-state index contributed by atoms with van der Waals surface area (Å²) in [6, 6.07) is 9.76. The minimum absolute atomic E-state index is 0.0739. The van der Waals surface area contributed by atoms with E-state index in [9.17, 15) is 4.79 Å². The molecule has 120 valence electrons.